The Balaban J connectivity index is 0.00000280. The van der Waals surface area contributed by atoms with Gasteiger partial charge in [-0.2, -0.15) is 8.78 Å². The fraction of sp³-hybridized carbons (Fsp3) is 0.650. The number of nitrogens with two attached hydrogens (primary N) is 1. The predicted molar refractivity (Wildman–Crippen MR) is 105 cm³/mol. The molecule has 3 rings (SSSR count). The highest BCUT2D eigenvalue weighted by atomic mass is 35.5. The molecule has 1 aromatic rings. The van der Waals surface area contributed by atoms with Gasteiger partial charge in [-0.3, -0.25) is 4.79 Å². The Bertz CT molecular complexity index is 648. The van der Waals surface area contributed by atoms with Crippen molar-refractivity contribution in [1.29, 1.82) is 0 Å². The van der Waals surface area contributed by atoms with Crippen LogP contribution in [0, 0.1) is 17.8 Å². The number of hydrogen-bond acceptors (Lipinski definition) is 4. The first kappa shape index (κ1) is 22.7. The molecule has 1 amide bonds. The van der Waals surface area contributed by atoms with Gasteiger partial charge < -0.3 is 20.5 Å². The van der Waals surface area contributed by atoms with Crippen LogP contribution in [0.3, 0.4) is 0 Å². The summed E-state index contributed by atoms with van der Waals surface area (Å²) in [6, 6.07) is 5.15. The summed E-state index contributed by atoms with van der Waals surface area (Å²) in [6.45, 7) is -0.730. The first-order valence-corrected chi connectivity index (χ1v) is 9.72. The minimum atomic E-state index is -2.96. The molecule has 0 heterocycles. The van der Waals surface area contributed by atoms with E-state index in [2.05, 4.69) is 10.1 Å². The van der Waals surface area contributed by atoms with Crippen LogP contribution in [0.15, 0.2) is 18.2 Å². The number of halogens is 3. The standard InChI is InChI=1S/C20H28F2N2O3.ClH/c1-2-26-16-8-4-7-14(18(16)27-20(21)22)11-24-19(25)15-9-12-5-3-6-13(10-15)17(12)23;/h4,7-8,12-13,15,17,20H,2-3,5-6,9-11,23H2,1H3,(H,24,25);1H. The molecule has 3 N–H and O–H groups in total. The van der Waals surface area contributed by atoms with Crippen molar-refractivity contribution in [3.63, 3.8) is 0 Å². The van der Waals surface area contributed by atoms with Crippen LogP contribution in [-0.4, -0.2) is 25.2 Å². The molecule has 28 heavy (non-hydrogen) atoms. The molecule has 0 radical (unpaired) electrons. The van der Waals surface area contributed by atoms with Gasteiger partial charge in [-0.1, -0.05) is 18.6 Å². The maximum absolute atomic E-state index is 12.8. The van der Waals surface area contributed by atoms with Crippen LogP contribution in [0.25, 0.3) is 0 Å². The molecular formula is C20H29ClF2N2O3. The van der Waals surface area contributed by atoms with Gasteiger partial charge in [0.2, 0.25) is 5.91 Å². The van der Waals surface area contributed by atoms with E-state index in [9.17, 15) is 13.6 Å². The van der Waals surface area contributed by atoms with Gasteiger partial charge in [0.25, 0.3) is 0 Å². The van der Waals surface area contributed by atoms with E-state index in [0.717, 1.165) is 25.7 Å². The zero-order chi connectivity index (χ0) is 19.4. The maximum Gasteiger partial charge on any atom is 0.387 e. The van der Waals surface area contributed by atoms with Crippen LogP contribution < -0.4 is 20.5 Å². The van der Waals surface area contributed by atoms with Crippen LogP contribution in [0.5, 0.6) is 11.5 Å². The van der Waals surface area contributed by atoms with Gasteiger partial charge in [0, 0.05) is 24.1 Å². The molecule has 158 valence electrons. The molecule has 2 fully saturated rings. The molecule has 2 aliphatic rings. The van der Waals surface area contributed by atoms with Gasteiger partial charge in [0.15, 0.2) is 11.5 Å². The van der Waals surface area contributed by atoms with Gasteiger partial charge in [0.1, 0.15) is 0 Å². The lowest BCUT2D eigenvalue weighted by molar-refractivity contribution is -0.128. The van der Waals surface area contributed by atoms with E-state index in [0.29, 0.717) is 24.0 Å². The quantitative estimate of drug-likeness (QED) is 0.704. The summed E-state index contributed by atoms with van der Waals surface area (Å²) in [7, 11) is 0. The van der Waals surface area contributed by atoms with E-state index in [1.807, 2.05) is 0 Å². The van der Waals surface area contributed by atoms with Crippen molar-refractivity contribution in [2.24, 2.45) is 23.5 Å². The summed E-state index contributed by atoms with van der Waals surface area (Å²) in [5.74, 6) is 0.956. The molecule has 2 unspecified atom stereocenters. The molecule has 0 spiro atoms. The van der Waals surface area contributed by atoms with Crippen molar-refractivity contribution in [2.75, 3.05) is 6.61 Å². The predicted octanol–water partition coefficient (Wildman–Crippen LogP) is 3.88. The van der Waals surface area contributed by atoms with Gasteiger partial charge in [0.05, 0.1) is 6.61 Å². The van der Waals surface area contributed by atoms with Crippen molar-refractivity contribution in [3.8, 4) is 11.5 Å². The van der Waals surface area contributed by atoms with Crippen molar-refractivity contribution < 1.29 is 23.0 Å². The lowest BCUT2D eigenvalue weighted by Gasteiger charge is -2.43. The zero-order valence-electron chi connectivity index (χ0n) is 16.0. The Morgan fingerprint density at radius 3 is 2.57 bits per heavy atom. The Labute approximate surface area is 170 Å². The minimum Gasteiger partial charge on any atom is -0.490 e. The van der Waals surface area contributed by atoms with E-state index >= 15 is 0 Å². The highest BCUT2D eigenvalue weighted by Gasteiger charge is 2.40. The molecule has 0 aliphatic heterocycles. The number of para-hydroxylation sites is 1. The molecule has 5 nitrogen and oxygen atoms in total. The average Bonchev–Trinajstić information content (AvgIpc) is 2.61. The second-order valence-electron chi connectivity index (χ2n) is 7.47. The minimum absolute atomic E-state index is 0. The number of nitrogens with one attached hydrogen (secondary N) is 1. The van der Waals surface area contributed by atoms with Crippen molar-refractivity contribution in [3.05, 3.63) is 23.8 Å². The summed E-state index contributed by atoms with van der Waals surface area (Å²) < 4.78 is 35.6. The number of benzene rings is 1. The summed E-state index contributed by atoms with van der Waals surface area (Å²) in [5, 5.41) is 2.90. The van der Waals surface area contributed by atoms with Crippen molar-refractivity contribution in [1.82, 2.24) is 5.32 Å². The molecule has 2 bridgehead atoms. The number of rotatable bonds is 7. The first-order chi connectivity index (χ1) is 13.0. The highest BCUT2D eigenvalue weighted by Crippen LogP contribution is 2.42. The maximum atomic E-state index is 12.8. The van der Waals surface area contributed by atoms with E-state index in [-0.39, 0.29) is 48.3 Å². The fourth-order valence-electron chi connectivity index (χ4n) is 4.52. The monoisotopic (exact) mass is 418 g/mol. The van der Waals surface area contributed by atoms with E-state index < -0.39 is 6.61 Å². The molecule has 0 aromatic heterocycles. The third kappa shape index (κ3) is 5.26. The van der Waals surface area contributed by atoms with Crippen molar-refractivity contribution >= 4 is 18.3 Å². The highest BCUT2D eigenvalue weighted by molar-refractivity contribution is 5.85. The third-order valence-corrected chi connectivity index (χ3v) is 5.80. The average molecular weight is 419 g/mol. The molecule has 2 saturated carbocycles. The van der Waals surface area contributed by atoms with Crippen LogP contribution >= 0.6 is 12.4 Å². The smallest absolute Gasteiger partial charge is 0.387 e. The third-order valence-electron chi connectivity index (χ3n) is 5.80. The summed E-state index contributed by atoms with van der Waals surface area (Å²) in [4.78, 5) is 12.7. The summed E-state index contributed by atoms with van der Waals surface area (Å²) >= 11 is 0. The first-order valence-electron chi connectivity index (χ1n) is 9.72. The fourth-order valence-corrected chi connectivity index (χ4v) is 4.52. The molecule has 0 saturated heterocycles. The van der Waals surface area contributed by atoms with Gasteiger partial charge >= 0.3 is 6.61 Å². The van der Waals surface area contributed by atoms with Crippen LogP contribution in [-0.2, 0) is 11.3 Å². The SMILES string of the molecule is CCOc1cccc(CNC(=O)C2CC3CCCC(C2)C3N)c1OC(F)F.Cl. The summed E-state index contributed by atoms with van der Waals surface area (Å²) in [5.41, 5.74) is 6.76. The molecule has 2 atom stereocenters. The Morgan fingerprint density at radius 2 is 1.96 bits per heavy atom. The Morgan fingerprint density at radius 1 is 1.29 bits per heavy atom. The second kappa shape index (κ2) is 10.3. The van der Waals surface area contributed by atoms with Gasteiger partial charge in [-0.05, 0) is 50.5 Å². The number of carbonyl (C=O) groups excluding carboxylic acids is 1. The lowest BCUT2D eigenvalue weighted by atomic mass is 9.65. The van der Waals surface area contributed by atoms with Crippen LogP contribution in [0.4, 0.5) is 8.78 Å². The largest absolute Gasteiger partial charge is 0.490 e. The second-order valence-corrected chi connectivity index (χ2v) is 7.47. The van der Waals surface area contributed by atoms with E-state index in [4.69, 9.17) is 10.5 Å². The van der Waals surface area contributed by atoms with Crippen LogP contribution in [0.2, 0.25) is 0 Å². The van der Waals surface area contributed by atoms with E-state index in [1.54, 1.807) is 25.1 Å². The Hall–Kier alpha value is -1.60. The molecule has 1 aromatic carbocycles. The number of alkyl halides is 2. The number of carbonyl (C=O) groups is 1. The topological polar surface area (TPSA) is 73.6 Å². The van der Waals surface area contributed by atoms with Gasteiger partial charge in [-0.25, -0.2) is 0 Å². The Kier molecular flexibility index (Phi) is 8.31. The lowest BCUT2D eigenvalue weighted by Crippen LogP contribution is -2.49. The number of hydrogen-bond donors (Lipinski definition) is 2. The van der Waals surface area contributed by atoms with Gasteiger partial charge in [-0.15, -0.1) is 12.4 Å². The molecular weight excluding hydrogens is 390 g/mol. The normalized spacial score (nSPS) is 26.3. The van der Waals surface area contributed by atoms with E-state index in [1.165, 1.54) is 6.42 Å². The molecule has 8 heteroatoms. The van der Waals surface area contributed by atoms with Crippen LogP contribution in [0.1, 0.15) is 44.6 Å². The number of fused-ring (bicyclic) bond motifs is 2. The number of amides is 1. The zero-order valence-corrected chi connectivity index (χ0v) is 16.9. The number of ether oxygens (including phenoxy) is 2. The molecule has 2 aliphatic carbocycles. The summed E-state index contributed by atoms with van der Waals surface area (Å²) in [6.07, 6.45) is 4.98. The van der Waals surface area contributed by atoms with Crippen molar-refractivity contribution in [2.45, 2.75) is 58.2 Å².